The summed E-state index contributed by atoms with van der Waals surface area (Å²) < 4.78 is 10.3. The second kappa shape index (κ2) is 5.20. The van der Waals surface area contributed by atoms with Crippen LogP contribution < -0.4 is 4.74 Å². The van der Waals surface area contributed by atoms with E-state index in [2.05, 4.69) is 5.92 Å². The molecule has 1 aromatic heterocycles. The second-order valence-corrected chi connectivity index (χ2v) is 2.71. The van der Waals surface area contributed by atoms with Crippen LogP contribution >= 0.6 is 0 Å². The van der Waals surface area contributed by atoms with Gasteiger partial charge in [0.25, 0.3) is 5.95 Å². The van der Waals surface area contributed by atoms with Gasteiger partial charge in [0.2, 0.25) is 0 Å². The molecule has 0 aliphatic rings. The SMILES string of the molecule is CC(C#CO)c1ccc(OCCO)o1. The summed E-state index contributed by atoms with van der Waals surface area (Å²) in [6, 6.07) is 3.38. The first kappa shape index (κ1) is 10.5. The molecule has 0 aliphatic carbocycles. The minimum absolute atomic E-state index is 0.0535. The molecule has 2 N–H and O–H groups in total. The van der Waals surface area contributed by atoms with Crippen molar-refractivity contribution < 1.29 is 19.4 Å². The van der Waals surface area contributed by atoms with E-state index >= 15 is 0 Å². The number of hydrogen-bond acceptors (Lipinski definition) is 4. The lowest BCUT2D eigenvalue weighted by atomic mass is 10.1. The third-order valence-corrected chi connectivity index (χ3v) is 1.65. The van der Waals surface area contributed by atoms with Gasteiger partial charge >= 0.3 is 0 Å². The third-order valence-electron chi connectivity index (χ3n) is 1.65. The molecule has 1 rings (SSSR count). The predicted octanol–water partition coefficient (Wildman–Crippen LogP) is 1.09. The minimum atomic E-state index is -0.175. The molecule has 0 aromatic carbocycles. The first-order chi connectivity index (χ1) is 6.77. The van der Waals surface area contributed by atoms with E-state index in [1.54, 1.807) is 19.1 Å². The molecule has 0 spiro atoms. The highest BCUT2D eigenvalue weighted by Gasteiger charge is 2.08. The molecule has 1 aromatic rings. The highest BCUT2D eigenvalue weighted by Crippen LogP contribution is 2.22. The van der Waals surface area contributed by atoms with Crippen molar-refractivity contribution in [3.8, 4) is 18.0 Å². The number of hydrogen-bond donors (Lipinski definition) is 2. The van der Waals surface area contributed by atoms with Gasteiger partial charge in [-0.1, -0.05) is 0 Å². The maximum absolute atomic E-state index is 8.51. The van der Waals surface area contributed by atoms with Gasteiger partial charge in [-0.15, -0.1) is 0 Å². The Kier molecular flexibility index (Phi) is 3.89. The first-order valence-electron chi connectivity index (χ1n) is 4.26. The Bertz CT molecular complexity index is 331. The molecule has 0 saturated heterocycles. The summed E-state index contributed by atoms with van der Waals surface area (Å²) >= 11 is 0. The highest BCUT2D eigenvalue weighted by atomic mass is 16.6. The first-order valence-corrected chi connectivity index (χ1v) is 4.26. The zero-order valence-electron chi connectivity index (χ0n) is 7.86. The van der Waals surface area contributed by atoms with Crippen LogP contribution in [-0.2, 0) is 0 Å². The van der Waals surface area contributed by atoms with Crippen molar-refractivity contribution in [2.24, 2.45) is 0 Å². The van der Waals surface area contributed by atoms with Crippen LogP contribution in [0.3, 0.4) is 0 Å². The molecule has 0 aliphatic heterocycles. The Morgan fingerprint density at radius 3 is 3.00 bits per heavy atom. The molecule has 0 fully saturated rings. The maximum Gasteiger partial charge on any atom is 0.284 e. The summed E-state index contributed by atoms with van der Waals surface area (Å²) in [6.45, 7) is 1.95. The van der Waals surface area contributed by atoms with Crippen LogP contribution in [0.15, 0.2) is 16.5 Å². The Balaban J connectivity index is 2.61. The Morgan fingerprint density at radius 1 is 1.57 bits per heavy atom. The van der Waals surface area contributed by atoms with E-state index in [-0.39, 0.29) is 19.1 Å². The van der Waals surface area contributed by atoms with Gasteiger partial charge in [-0.05, 0) is 18.9 Å². The largest absolute Gasteiger partial charge is 0.463 e. The molecule has 0 amide bonds. The van der Waals surface area contributed by atoms with E-state index in [1.165, 1.54) is 0 Å². The van der Waals surface area contributed by atoms with Gasteiger partial charge in [-0.25, -0.2) is 0 Å². The van der Waals surface area contributed by atoms with Crippen molar-refractivity contribution in [3.05, 3.63) is 17.9 Å². The molecule has 0 saturated carbocycles. The van der Waals surface area contributed by atoms with Crippen LogP contribution in [0.2, 0.25) is 0 Å². The number of furan rings is 1. The summed E-state index contributed by atoms with van der Waals surface area (Å²) in [6.07, 6.45) is 1.83. The lowest BCUT2D eigenvalue weighted by Crippen LogP contribution is -2.00. The summed E-state index contributed by atoms with van der Waals surface area (Å²) in [7, 11) is 0. The summed E-state index contributed by atoms with van der Waals surface area (Å²) in [5.74, 6) is 3.34. The molecule has 1 atom stereocenters. The molecule has 1 unspecified atom stereocenters. The monoisotopic (exact) mass is 196 g/mol. The number of aliphatic hydroxyl groups is 2. The van der Waals surface area contributed by atoms with Crippen LogP contribution in [0.5, 0.6) is 5.95 Å². The van der Waals surface area contributed by atoms with E-state index < -0.39 is 0 Å². The second-order valence-electron chi connectivity index (χ2n) is 2.71. The summed E-state index contributed by atoms with van der Waals surface area (Å²) in [5, 5.41) is 16.9. The standard InChI is InChI=1S/C10H12O4/c1-8(4-5-11)9-2-3-10(14-9)13-7-6-12/h2-3,8,11-12H,6-7H2,1H3. The van der Waals surface area contributed by atoms with Crippen LogP contribution in [0.25, 0.3) is 0 Å². The molecule has 4 heteroatoms. The van der Waals surface area contributed by atoms with Gasteiger partial charge in [0, 0.05) is 6.07 Å². The number of rotatable bonds is 4. The zero-order chi connectivity index (χ0) is 10.4. The van der Waals surface area contributed by atoms with Gasteiger partial charge in [-0.3, -0.25) is 0 Å². The molecule has 14 heavy (non-hydrogen) atoms. The molecule has 1 heterocycles. The van der Waals surface area contributed by atoms with Crippen molar-refractivity contribution in [2.75, 3.05) is 13.2 Å². The van der Waals surface area contributed by atoms with Crippen molar-refractivity contribution in [2.45, 2.75) is 12.8 Å². The van der Waals surface area contributed by atoms with Gasteiger partial charge in [0.15, 0.2) is 0 Å². The lowest BCUT2D eigenvalue weighted by molar-refractivity contribution is 0.169. The van der Waals surface area contributed by atoms with E-state index in [0.717, 1.165) is 0 Å². The van der Waals surface area contributed by atoms with E-state index in [9.17, 15) is 0 Å². The topological polar surface area (TPSA) is 62.8 Å². The normalized spacial score (nSPS) is 11.6. The average molecular weight is 196 g/mol. The van der Waals surface area contributed by atoms with Crippen molar-refractivity contribution in [1.29, 1.82) is 0 Å². The van der Waals surface area contributed by atoms with Gasteiger partial charge in [0.1, 0.15) is 18.5 Å². The molecule has 4 nitrogen and oxygen atoms in total. The van der Waals surface area contributed by atoms with E-state index in [0.29, 0.717) is 11.7 Å². The number of aliphatic hydroxyl groups excluding tert-OH is 2. The smallest absolute Gasteiger partial charge is 0.284 e. The lowest BCUT2D eigenvalue weighted by Gasteiger charge is -2.00. The van der Waals surface area contributed by atoms with Gasteiger partial charge in [0.05, 0.1) is 12.5 Å². The van der Waals surface area contributed by atoms with Crippen LogP contribution in [-0.4, -0.2) is 23.4 Å². The number of ether oxygens (including phenoxy) is 1. The van der Waals surface area contributed by atoms with Crippen molar-refractivity contribution >= 4 is 0 Å². The Morgan fingerprint density at radius 2 is 2.36 bits per heavy atom. The highest BCUT2D eigenvalue weighted by molar-refractivity contribution is 5.21. The molecular weight excluding hydrogens is 184 g/mol. The maximum atomic E-state index is 8.51. The van der Waals surface area contributed by atoms with Crippen molar-refractivity contribution in [3.63, 3.8) is 0 Å². The van der Waals surface area contributed by atoms with Crippen molar-refractivity contribution in [1.82, 2.24) is 0 Å². The molecular formula is C10H12O4. The fourth-order valence-corrected chi connectivity index (χ4v) is 0.959. The summed E-state index contributed by atoms with van der Waals surface area (Å²) in [5.41, 5.74) is 0. The predicted molar refractivity (Wildman–Crippen MR) is 49.4 cm³/mol. The zero-order valence-corrected chi connectivity index (χ0v) is 7.86. The average Bonchev–Trinajstić information content (AvgIpc) is 2.63. The van der Waals surface area contributed by atoms with E-state index in [4.69, 9.17) is 19.4 Å². The molecule has 0 bridgehead atoms. The summed E-state index contributed by atoms with van der Waals surface area (Å²) in [4.78, 5) is 0. The Labute approximate surface area is 82.1 Å². The minimum Gasteiger partial charge on any atom is -0.463 e. The third kappa shape index (κ3) is 2.71. The Hall–Kier alpha value is -1.60. The van der Waals surface area contributed by atoms with E-state index in [1.807, 2.05) is 6.11 Å². The van der Waals surface area contributed by atoms with Crippen LogP contribution in [0.4, 0.5) is 0 Å². The fraction of sp³-hybridized carbons (Fsp3) is 0.400. The van der Waals surface area contributed by atoms with Crippen LogP contribution in [0, 0.1) is 12.0 Å². The molecule has 0 radical (unpaired) electrons. The fourth-order valence-electron chi connectivity index (χ4n) is 0.959. The van der Waals surface area contributed by atoms with Gasteiger partial charge in [-0.2, -0.15) is 0 Å². The quantitative estimate of drug-likeness (QED) is 0.707. The molecule has 76 valence electrons. The van der Waals surface area contributed by atoms with Crippen LogP contribution in [0.1, 0.15) is 18.6 Å². The van der Waals surface area contributed by atoms with Gasteiger partial charge < -0.3 is 19.4 Å².